The normalized spacial score (nSPS) is 16.8. The summed E-state index contributed by atoms with van der Waals surface area (Å²) < 4.78 is 5.85. The van der Waals surface area contributed by atoms with E-state index in [4.69, 9.17) is 21.4 Å². The van der Waals surface area contributed by atoms with Crippen LogP contribution in [0.15, 0.2) is 60.7 Å². The van der Waals surface area contributed by atoms with Gasteiger partial charge in [-0.15, -0.1) is 0 Å². The molecule has 7 heteroatoms. The largest absolute Gasteiger partial charge is 0.489 e. The van der Waals surface area contributed by atoms with Crippen molar-refractivity contribution in [2.75, 3.05) is 6.54 Å². The SMILES string of the molecule is O=C(O)CCCCCCN1C(=O)CCC1C=CC(O)c1cccc(OCc2ccccc2Cl)c1. The molecule has 1 heterocycles. The number of likely N-dealkylation sites (tertiary alicyclic amines) is 1. The molecule has 182 valence electrons. The summed E-state index contributed by atoms with van der Waals surface area (Å²) in [5, 5.41) is 20.0. The standard InChI is InChI=1S/C27H32ClNO5/c28-24-11-5-4-8-21(24)19-34-23-10-7-9-20(18-23)25(30)15-13-22-14-16-26(31)29(22)17-6-2-1-3-12-27(32)33/h4-5,7-11,13,15,18,22,25,30H,1-3,6,12,14,16-17,19H2,(H,32,33). The highest BCUT2D eigenvalue weighted by molar-refractivity contribution is 6.31. The van der Waals surface area contributed by atoms with E-state index in [2.05, 4.69) is 0 Å². The van der Waals surface area contributed by atoms with Crippen LogP contribution in [0.2, 0.25) is 5.02 Å². The molecule has 6 nitrogen and oxygen atoms in total. The molecule has 0 spiro atoms. The minimum atomic E-state index is -0.808. The number of carbonyl (C=O) groups excluding carboxylic acids is 1. The van der Waals surface area contributed by atoms with E-state index in [1.54, 1.807) is 12.1 Å². The second-order valence-electron chi connectivity index (χ2n) is 8.53. The van der Waals surface area contributed by atoms with Gasteiger partial charge in [0.25, 0.3) is 0 Å². The van der Waals surface area contributed by atoms with Crippen LogP contribution in [0.25, 0.3) is 0 Å². The van der Waals surface area contributed by atoms with Crippen molar-refractivity contribution in [2.45, 2.75) is 63.7 Å². The first-order valence-electron chi connectivity index (χ1n) is 11.8. The zero-order valence-electron chi connectivity index (χ0n) is 19.2. The van der Waals surface area contributed by atoms with Gasteiger partial charge in [0.2, 0.25) is 5.91 Å². The second kappa shape index (κ2) is 13.2. The molecule has 2 aromatic carbocycles. The summed E-state index contributed by atoms with van der Waals surface area (Å²) in [6, 6.07) is 14.8. The van der Waals surface area contributed by atoms with Crippen molar-refractivity contribution in [3.8, 4) is 5.75 Å². The summed E-state index contributed by atoms with van der Waals surface area (Å²) in [4.78, 5) is 24.7. The van der Waals surface area contributed by atoms with Gasteiger partial charge in [-0.2, -0.15) is 0 Å². The third-order valence-corrected chi connectivity index (χ3v) is 6.35. The van der Waals surface area contributed by atoms with Gasteiger partial charge >= 0.3 is 5.97 Å². The second-order valence-corrected chi connectivity index (χ2v) is 8.94. The third-order valence-electron chi connectivity index (χ3n) is 5.98. The predicted octanol–water partition coefficient (Wildman–Crippen LogP) is 5.53. The lowest BCUT2D eigenvalue weighted by molar-refractivity contribution is -0.137. The molecule has 0 radical (unpaired) electrons. The number of amides is 1. The molecule has 2 N–H and O–H groups in total. The predicted molar refractivity (Wildman–Crippen MR) is 132 cm³/mol. The molecular weight excluding hydrogens is 454 g/mol. The lowest BCUT2D eigenvalue weighted by Crippen LogP contribution is -2.32. The molecule has 1 fully saturated rings. The Morgan fingerprint density at radius 2 is 1.94 bits per heavy atom. The van der Waals surface area contributed by atoms with Crippen molar-refractivity contribution >= 4 is 23.5 Å². The van der Waals surface area contributed by atoms with Crippen LogP contribution >= 0.6 is 11.6 Å². The number of aliphatic hydroxyl groups is 1. The number of ether oxygens (including phenoxy) is 1. The fourth-order valence-electron chi connectivity index (χ4n) is 4.07. The number of carboxylic acids is 1. The lowest BCUT2D eigenvalue weighted by atomic mass is 10.1. The molecule has 0 aromatic heterocycles. The number of benzene rings is 2. The summed E-state index contributed by atoms with van der Waals surface area (Å²) in [5.41, 5.74) is 1.60. The molecule has 3 rings (SSSR count). The van der Waals surface area contributed by atoms with Crippen molar-refractivity contribution in [1.82, 2.24) is 4.90 Å². The number of hydrogen-bond donors (Lipinski definition) is 2. The monoisotopic (exact) mass is 485 g/mol. The number of aliphatic carboxylic acids is 1. The third kappa shape index (κ3) is 7.89. The molecule has 1 amide bonds. The molecule has 1 aliphatic heterocycles. The number of rotatable bonds is 13. The molecule has 2 aromatic rings. The minimum Gasteiger partial charge on any atom is -0.489 e. The fraction of sp³-hybridized carbons (Fsp3) is 0.407. The number of nitrogens with zero attached hydrogens (tertiary/aromatic N) is 1. The van der Waals surface area contributed by atoms with Crippen LogP contribution in [0.3, 0.4) is 0 Å². The van der Waals surface area contributed by atoms with Gasteiger partial charge in [0.15, 0.2) is 0 Å². The van der Waals surface area contributed by atoms with Gasteiger partial charge in [-0.1, -0.05) is 66.9 Å². The Kier molecular flexibility index (Phi) is 9.98. The van der Waals surface area contributed by atoms with Crippen molar-refractivity contribution in [2.24, 2.45) is 0 Å². The first kappa shape index (κ1) is 25.8. The van der Waals surface area contributed by atoms with Gasteiger partial charge in [-0.05, 0) is 43.0 Å². The molecule has 2 unspecified atom stereocenters. The maximum atomic E-state index is 12.3. The summed E-state index contributed by atoms with van der Waals surface area (Å²) in [6.45, 7) is 0.993. The molecule has 2 atom stereocenters. The highest BCUT2D eigenvalue weighted by atomic mass is 35.5. The quantitative estimate of drug-likeness (QED) is 0.287. The van der Waals surface area contributed by atoms with Crippen molar-refractivity contribution in [3.63, 3.8) is 0 Å². The highest BCUT2D eigenvalue weighted by Crippen LogP contribution is 2.25. The van der Waals surface area contributed by atoms with Gasteiger partial charge in [0, 0.05) is 30.0 Å². The van der Waals surface area contributed by atoms with Crippen LogP contribution in [0.1, 0.15) is 62.2 Å². The average Bonchev–Trinajstić information content (AvgIpc) is 3.18. The van der Waals surface area contributed by atoms with E-state index >= 15 is 0 Å². The first-order chi connectivity index (χ1) is 16.4. The van der Waals surface area contributed by atoms with Crippen LogP contribution in [0.5, 0.6) is 5.75 Å². The van der Waals surface area contributed by atoms with E-state index in [9.17, 15) is 14.7 Å². The highest BCUT2D eigenvalue weighted by Gasteiger charge is 2.28. The molecular formula is C27H32ClNO5. The number of halogens is 1. The molecule has 0 bridgehead atoms. The lowest BCUT2D eigenvalue weighted by Gasteiger charge is -2.22. The molecule has 0 saturated carbocycles. The zero-order valence-corrected chi connectivity index (χ0v) is 20.0. The summed E-state index contributed by atoms with van der Waals surface area (Å²) >= 11 is 6.18. The van der Waals surface area contributed by atoms with E-state index in [1.165, 1.54) is 0 Å². The zero-order chi connectivity index (χ0) is 24.3. The Labute approximate surface area is 205 Å². The molecule has 1 aliphatic rings. The van der Waals surface area contributed by atoms with Crippen molar-refractivity contribution in [1.29, 1.82) is 0 Å². The fourth-order valence-corrected chi connectivity index (χ4v) is 4.26. The topological polar surface area (TPSA) is 87.1 Å². The van der Waals surface area contributed by atoms with E-state index in [-0.39, 0.29) is 18.4 Å². The maximum Gasteiger partial charge on any atom is 0.303 e. The number of aliphatic hydroxyl groups excluding tert-OH is 1. The summed E-state index contributed by atoms with van der Waals surface area (Å²) in [5.74, 6) is 0.00579. The number of unbranched alkanes of at least 4 members (excludes halogenated alkanes) is 3. The maximum absolute atomic E-state index is 12.3. The van der Waals surface area contributed by atoms with E-state index in [0.717, 1.165) is 31.2 Å². The number of carbonyl (C=O) groups is 2. The molecule has 0 aliphatic carbocycles. The Morgan fingerprint density at radius 3 is 2.74 bits per heavy atom. The van der Waals surface area contributed by atoms with Crippen LogP contribution in [0, 0.1) is 0 Å². The Hall–Kier alpha value is -2.83. The average molecular weight is 486 g/mol. The van der Waals surface area contributed by atoms with E-state index in [0.29, 0.717) is 42.3 Å². The summed E-state index contributed by atoms with van der Waals surface area (Å²) in [6.07, 6.45) is 7.55. The number of carboxylic acid groups (broad SMARTS) is 1. The smallest absolute Gasteiger partial charge is 0.303 e. The van der Waals surface area contributed by atoms with Gasteiger partial charge in [-0.25, -0.2) is 0 Å². The Balaban J connectivity index is 1.51. The van der Waals surface area contributed by atoms with E-state index in [1.807, 2.05) is 53.4 Å². The molecule has 1 saturated heterocycles. The Bertz CT molecular complexity index is 992. The molecule has 34 heavy (non-hydrogen) atoms. The first-order valence-corrected chi connectivity index (χ1v) is 12.2. The Morgan fingerprint density at radius 1 is 1.15 bits per heavy atom. The van der Waals surface area contributed by atoms with Crippen LogP contribution in [0.4, 0.5) is 0 Å². The van der Waals surface area contributed by atoms with Gasteiger partial charge in [-0.3, -0.25) is 9.59 Å². The van der Waals surface area contributed by atoms with Crippen LogP contribution in [-0.2, 0) is 16.2 Å². The van der Waals surface area contributed by atoms with E-state index < -0.39 is 12.1 Å². The summed E-state index contributed by atoms with van der Waals surface area (Å²) in [7, 11) is 0. The number of hydrogen-bond acceptors (Lipinski definition) is 4. The van der Waals surface area contributed by atoms with Crippen molar-refractivity contribution < 1.29 is 24.5 Å². The van der Waals surface area contributed by atoms with Gasteiger partial charge < -0.3 is 19.8 Å². The minimum absolute atomic E-state index is 0.0270. The van der Waals surface area contributed by atoms with Crippen molar-refractivity contribution in [3.05, 3.63) is 76.8 Å². The van der Waals surface area contributed by atoms with Gasteiger partial charge in [0.1, 0.15) is 12.4 Å². The van der Waals surface area contributed by atoms with Gasteiger partial charge in [0.05, 0.1) is 12.1 Å². The van der Waals surface area contributed by atoms with Crippen LogP contribution < -0.4 is 4.74 Å². The van der Waals surface area contributed by atoms with Crippen LogP contribution in [-0.4, -0.2) is 39.6 Å².